The van der Waals surface area contributed by atoms with E-state index in [4.69, 9.17) is 14.2 Å². The van der Waals surface area contributed by atoms with E-state index in [9.17, 15) is 0 Å². The number of aliphatic imine (C=N–C) groups is 1. The second-order valence-electron chi connectivity index (χ2n) is 4.62. The fourth-order valence-electron chi connectivity index (χ4n) is 1.91. The van der Waals surface area contributed by atoms with Crippen LogP contribution in [0.1, 0.15) is 19.4 Å². The summed E-state index contributed by atoms with van der Waals surface area (Å²) in [5, 5.41) is 6.45. The predicted octanol–water partition coefficient (Wildman–Crippen LogP) is 3.18. The predicted molar refractivity (Wildman–Crippen MR) is 112 cm³/mol. The van der Waals surface area contributed by atoms with Crippen LogP contribution < -0.4 is 20.1 Å². The molecule has 1 rings (SSSR count). The smallest absolute Gasteiger partial charge is 0.191 e. The molecule has 6 nitrogen and oxygen atoms in total. The summed E-state index contributed by atoms with van der Waals surface area (Å²) in [6, 6.07) is 3.81. The molecule has 1 aromatic rings. The molecule has 0 unspecified atom stereocenters. The molecule has 1 aromatic carbocycles. The average Bonchev–Trinajstić information content (AvgIpc) is 2.56. The second kappa shape index (κ2) is 13.5. The van der Waals surface area contributed by atoms with E-state index in [-0.39, 0.29) is 24.0 Å². The SMILES string of the molecule is CCNC(=NCc1cc(OC)c(OC)cc1Br)NCCOCC.I. The van der Waals surface area contributed by atoms with Gasteiger partial charge in [-0.3, -0.25) is 0 Å². The van der Waals surface area contributed by atoms with E-state index in [1.165, 1.54) is 0 Å². The van der Waals surface area contributed by atoms with E-state index in [0.29, 0.717) is 37.8 Å². The molecule has 0 amide bonds. The fraction of sp³-hybridized carbons (Fsp3) is 0.562. The highest BCUT2D eigenvalue weighted by molar-refractivity contribution is 14.0. The van der Waals surface area contributed by atoms with Crippen molar-refractivity contribution in [2.45, 2.75) is 20.4 Å². The first-order valence-electron chi connectivity index (χ1n) is 7.66. The molecule has 0 fully saturated rings. The molecule has 0 atom stereocenters. The number of benzene rings is 1. The Morgan fingerprint density at radius 1 is 1.12 bits per heavy atom. The molecule has 0 bridgehead atoms. The number of ether oxygens (including phenoxy) is 3. The van der Waals surface area contributed by atoms with Crippen molar-refractivity contribution < 1.29 is 14.2 Å². The monoisotopic (exact) mass is 515 g/mol. The lowest BCUT2D eigenvalue weighted by Crippen LogP contribution is -2.39. The molecule has 0 aliphatic heterocycles. The van der Waals surface area contributed by atoms with E-state index in [1.807, 2.05) is 26.0 Å². The third-order valence-corrected chi connectivity index (χ3v) is 3.79. The summed E-state index contributed by atoms with van der Waals surface area (Å²) in [5.41, 5.74) is 1.02. The highest BCUT2D eigenvalue weighted by Crippen LogP contribution is 2.33. The Bertz CT molecular complexity index is 516. The molecule has 0 aliphatic rings. The summed E-state index contributed by atoms with van der Waals surface area (Å²) in [5.74, 6) is 2.14. The summed E-state index contributed by atoms with van der Waals surface area (Å²) in [6.07, 6.45) is 0. The van der Waals surface area contributed by atoms with Crippen LogP contribution in [0.2, 0.25) is 0 Å². The Balaban J connectivity index is 0.00000529. The van der Waals surface area contributed by atoms with Crippen molar-refractivity contribution in [3.05, 3.63) is 22.2 Å². The van der Waals surface area contributed by atoms with Crippen molar-refractivity contribution >= 4 is 45.9 Å². The van der Waals surface area contributed by atoms with Gasteiger partial charge in [0, 0.05) is 24.2 Å². The van der Waals surface area contributed by atoms with Gasteiger partial charge < -0.3 is 24.8 Å². The van der Waals surface area contributed by atoms with Crippen molar-refractivity contribution in [2.75, 3.05) is 40.5 Å². The van der Waals surface area contributed by atoms with Gasteiger partial charge in [-0.25, -0.2) is 4.99 Å². The molecule has 0 radical (unpaired) electrons. The van der Waals surface area contributed by atoms with Crippen LogP contribution in [0.15, 0.2) is 21.6 Å². The topological polar surface area (TPSA) is 64.1 Å². The molecule has 0 heterocycles. The van der Waals surface area contributed by atoms with Gasteiger partial charge in [-0.15, -0.1) is 24.0 Å². The molecule has 0 spiro atoms. The van der Waals surface area contributed by atoms with Crippen molar-refractivity contribution in [1.82, 2.24) is 10.6 Å². The van der Waals surface area contributed by atoms with Gasteiger partial charge in [-0.1, -0.05) is 15.9 Å². The lowest BCUT2D eigenvalue weighted by Gasteiger charge is -2.13. The third kappa shape index (κ3) is 7.89. The van der Waals surface area contributed by atoms with Crippen LogP contribution in [0, 0.1) is 0 Å². The van der Waals surface area contributed by atoms with Gasteiger partial charge in [0.1, 0.15) is 0 Å². The van der Waals surface area contributed by atoms with Crippen LogP contribution in [0.4, 0.5) is 0 Å². The lowest BCUT2D eigenvalue weighted by molar-refractivity contribution is 0.152. The molecular weight excluding hydrogens is 489 g/mol. The first-order chi connectivity index (χ1) is 11.2. The normalized spacial score (nSPS) is 10.8. The maximum absolute atomic E-state index is 5.34. The summed E-state index contributed by atoms with van der Waals surface area (Å²) < 4.78 is 16.9. The number of hydrogen-bond acceptors (Lipinski definition) is 4. The van der Waals surface area contributed by atoms with Crippen molar-refractivity contribution in [1.29, 1.82) is 0 Å². The van der Waals surface area contributed by atoms with Gasteiger partial charge >= 0.3 is 0 Å². The Morgan fingerprint density at radius 2 is 1.79 bits per heavy atom. The van der Waals surface area contributed by atoms with Gasteiger partial charge in [0.25, 0.3) is 0 Å². The molecule has 0 saturated heterocycles. The second-order valence-corrected chi connectivity index (χ2v) is 5.47. The minimum absolute atomic E-state index is 0. The first-order valence-corrected chi connectivity index (χ1v) is 8.45. The molecule has 8 heteroatoms. The molecule has 0 aliphatic carbocycles. The van der Waals surface area contributed by atoms with Gasteiger partial charge in [0.05, 0.1) is 27.4 Å². The highest BCUT2D eigenvalue weighted by Gasteiger charge is 2.09. The number of nitrogens with one attached hydrogen (secondary N) is 2. The minimum Gasteiger partial charge on any atom is -0.493 e. The Hall–Kier alpha value is -0.740. The number of rotatable bonds is 9. The average molecular weight is 516 g/mol. The number of halogens is 2. The van der Waals surface area contributed by atoms with E-state index in [2.05, 4.69) is 31.6 Å². The van der Waals surface area contributed by atoms with Crippen LogP contribution in [0.3, 0.4) is 0 Å². The summed E-state index contributed by atoms with van der Waals surface area (Å²) in [6.45, 7) is 7.42. The Labute approximate surface area is 169 Å². The highest BCUT2D eigenvalue weighted by atomic mass is 127. The number of hydrogen-bond donors (Lipinski definition) is 2. The van der Waals surface area contributed by atoms with E-state index >= 15 is 0 Å². The fourth-order valence-corrected chi connectivity index (χ4v) is 2.36. The summed E-state index contributed by atoms with van der Waals surface area (Å²) in [7, 11) is 3.24. The largest absolute Gasteiger partial charge is 0.493 e. The first kappa shape index (κ1) is 23.3. The van der Waals surface area contributed by atoms with Gasteiger partial charge in [-0.05, 0) is 31.5 Å². The van der Waals surface area contributed by atoms with Gasteiger partial charge in [0.2, 0.25) is 0 Å². The number of guanidine groups is 1. The van der Waals surface area contributed by atoms with E-state index in [1.54, 1.807) is 14.2 Å². The number of methoxy groups -OCH3 is 2. The standard InChI is InChI=1S/C16H26BrN3O3.HI/c1-5-18-16(19-7-8-23-6-2)20-11-12-9-14(21-3)15(22-4)10-13(12)17;/h9-10H,5-8,11H2,1-4H3,(H2,18,19,20);1H. The molecule has 24 heavy (non-hydrogen) atoms. The van der Waals surface area contributed by atoms with Crippen LogP contribution in [0.5, 0.6) is 11.5 Å². The molecule has 0 saturated carbocycles. The van der Waals surface area contributed by atoms with E-state index < -0.39 is 0 Å². The van der Waals surface area contributed by atoms with Crippen LogP contribution in [0.25, 0.3) is 0 Å². The Kier molecular flexibility index (Phi) is 13.1. The summed E-state index contributed by atoms with van der Waals surface area (Å²) in [4.78, 5) is 4.59. The summed E-state index contributed by atoms with van der Waals surface area (Å²) >= 11 is 3.55. The number of nitrogens with zero attached hydrogens (tertiary/aromatic N) is 1. The molecule has 0 aromatic heterocycles. The molecule has 2 N–H and O–H groups in total. The maximum atomic E-state index is 5.34. The zero-order chi connectivity index (χ0) is 17.1. The zero-order valence-electron chi connectivity index (χ0n) is 14.6. The maximum Gasteiger partial charge on any atom is 0.191 e. The van der Waals surface area contributed by atoms with Crippen molar-refractivity contribution in [3.63, 3.8) is 0 Å². The third-order valence-electron chi connectivity index (χ3n) is 3.05. The van der Waals surface area contributed by atoms with Crippen molar-refractivity contribution in [3.8, 4) is 11.5 Å². The lowest BCUT2D eigenvalue weighted by atomic mass is 10.2. The van der Waals surface area contributed by atoms with Crippen molar-refractivity contribution in [2.24, 2.45) is 4.99 Å². The molecule has 138 valence electrons. The molecular formula is C16H27BrIN3O3. The quantitative estimate of drug-likeness (QED) is 0.229. The zero-order valence-corrected chi connectivity index (χ0v) is 18.6. The van der Waals surface area contributed by atoms with E-state index in [0.717, 1.165) is 22.5 Å². The van der Waals surface area contributed by atoms with Gasteiger partial charge in [-0.2, -0.15) is 0 Å². The van der Waals surface area contributed by atoms with Crippen LogP contribution in [-0.4, -0.2) is 46.5 Å². The minimum atomic E-state index is 0. The van der Waals surface area contributed by atoms with Gasteiger partial charge in [0.15, 0.2) is 17.5 Å². The van der Waals surface area contributed by atoms with Crippen LogP contribution in [-0.2, 0) is 11.3 Å². The van der Waals surface area contributed by atoms with Crippen LogP contribution >= 0.6 is 39.9 Å². The Morgan fingerprint density at radius 3 is 2.38 bits per heavy atom.